The van der Waals surface area contributed by atoms with Gasteiger partial charge in [-0.25, -0.2) is 0 Å². The van der Waals surface area contributed by atoms with Gasteiger partial charge in [-0.15, -0.1) is 11.6 Å². The quantitative estimate of drug-likeness (QED) is 0.380. The summed E-state index contributed by atoms with van der Waals surface area (Å²) in [6, 6.07) is 16.0. The van der Waals surface area contributed by atoms with Crippen molar-refractivity contribution in [1.82, 2.24) is 5.32 Å². The Bertz CT molecular complexity index is 968. The van der Waals surface area contributed by atoms with E-state index < -0.39 is 11.7 Å². The highest BCUT2D eigenvalue weighted by Crippen LogP contribution is 2.33. The zero-order chi connectivity index (χ0) is 20.1. The van der Waals surface area contributed by atoms with Crippen LogP contribution in [0.1, 0.15) is 28.8 Å². The normalized spacial score (nSPS) is 11.6. The van der Waals surface area contributed by atoms with Crippen molar-refractivity contribution in [1.29, 1.82) is 0 Å². The minimum Gasteiger partial charge on any atom is -0.352 e. The monoisotopic (exact) mass is 405 g/mol. The number of unbranched alkanes of at least 4 members (excludes halogenated alkanes) is 1. The second-order valence-electron chi connectivity index (χ2n) is 6.47. The van der Waals surface area contributed by atoms with Crippen molar-refractivity contribution >= 4 is 28.3 Å². The molecule has 0 fully saturated rings. The van der Waals surface area contributed by atoms with E-state index in [-0.39, 0.29) is 5.91 Å². The smallest absolute Gasteiger partial charge is 0.352 e. The molecule has 146 valence electrons. The van der Waals surface area contributed by atoms with E-state index >= 15 is 0 Å². The first-order valence-corrected chi connectivity index (χ1v) is 9.48. The van der Waals surface area contributed by atoms with Gasteiger partial charge in [-0.1, -0.05) is 36.4 Å². The Morgan fingerprint density at radius 3 is 2.39 bits per heavy atom. The van der Waals surface area contributed by atoms with Crippen LogP contribution in [0.4, 0.5) is 13.2 Å². The van der Waals surface area contributed by atoms with Crippen LogP contribution >= 0.6 is 11.6 Å². The summed E-state index contributed by atoms with van der Waals surface area (Å²) in [5, 5.41) is 4.59. The molecule has 0 aliphatic carbocycles. The molecule has 3 rings (SSSR count). The summed E-state index contributed by atoms with van der Waals surface area (Å²) in [7, 11) is 0. The number of hydrogen-bond donors (Lipinski definition) is 1. The summed E-state index contributed by atoms with van der Waals surface area (Å²) in [6.07, 6.45) is -2.69. The van der Waals surface area contributed by atoms with E-state index in [1.54, 1.807) is 12.1 Å². The maximum absolute atomic E-state index is 12.8. The lowest BCUT2D eigenvalue weighted by Crippen LogP contribution is -2.24. The molecular weight excluding hydrogens is 387 g/mol. The van der Waals surface area contributed by atoms with Crippen LogP contribution in [-0.4, -0.2) is 18.3 Å². The third-order valence-corrected chi connectivity index (χ3v) is 4.78. The lowest BCUT2D eigenvalue weighted by Gasteiger charge is -2.11. The van der Waals surface area contributed by atoms with Crippen LogP contribution in [0.15, 0.2) is 60.7 Å². The molecule has 1 N–H and O–H groups in total. The minimum atomic E-state index is -4.36. The number of rotatable bonds is 6. The van der Waals surface area contributed by atoms with Crippen LogP contribution in [0.3, 0.4) is 0 Å². The number of halogens is 4. The van der Waals surface area contributed by atoms with Crippen molar-refractivity contribution in [2.45, 2.75) is 19.0 Å². The van der Waals surface area contributed by atoms with Crippen LogP contribution in [0.25, 0.3) is 21.9 Å². The molecule has 0 atom stereocenters. The Balaban J connectivity index is 1.86. The van der Waals surface area contributed by atoms with Crippen LogP contribution < -0.4 is 5.32 Å². The molecule has 0 aromatic heterocycles. The molecule has 0 aliphatic heterocycles. The van der Waals surface area contributed by atoms with Crippen molar-refractivity contribution in [2.75, 3.05) is 12.4 Å². The van der Waals surface area contributed by atoms with Gasteiger partial charge in [0.15, 0.2) is 0 Å². The van der Waals surface area contributed by atoms with Gasteiger partial charge in [0.25, 0.3) is 5.91 Å². The third-order valence-electron chi connectivity index (χ3n) is 4.51. The Morgan fingerprint density at radius 2 is 1.71 bits per heavy atom. The zero-order valence-electron chi connectivity index (χ0n) is 15.0. The van der Waals surface area contributed by atoms with Gasteiger partial charge in [0.1, 0.15) is 0 Å². The SMILES string of the molecule is O=C(NCCCCCl)c1ccc2c(-c3ccc(C(F)(F)F)cc3)cccc2c1. The standard InChI is InChI=1S/C22H19ClF3NO/c23-12-1-2-13-27-21(28)17-8-11-20-16(14-17)4-3-5-19(20)15-6-9-18(10-7-15)22(24,25)26/h3-11,14H,1-2,12-13H2,(H,27,28). The summed E-state index contributed by atoms with van der Waals surface area (Å²) >= 11 is 5.63. The van der Waals surface area contributed by atoms with Crippen molar-refractivity contribution < 1.29 is 18.0 Å². The minimum absolute atomic E-state index is 0.156. The number of hydrogen-bond acceptors (Lipinski definition) is 1. The van der Waals surface area contributed by atoms with Crippen molar-refractivity contribution in [3.8, 4) is 11.1 Å². The van der Waals surface area contributed by atoms with Crippen LogP contribution in [-0.2, 0) is 6.18 Å². The Labute approximate surface area is 166 Å². The Morgan fingerprint density at radius 1 is 0.964 bits per heavy atom. The molecule has 6 heteroatoms. The van der Waals surface area contributed by atoms with Gasteiger partial charge in [-0.2, -0.15) is 13.2 Å². The van der Waals surface area contributed by atoms with Gasteiger partial charge < -0.3 is 5.32 Å². The number of fused-ring (bicyclic) bond motifs is 1. The summed E-state index contributed by atoms with van der Waals surface area (Å²) in [5.74, 6) is 0.412. The van der Waals surface area contributed by atoms with Gasteiger partial charge in [0.05, 0.1) is 5.56 Å². The van der Waals surface area contributed by atoms with Gasteiger partial charge in [-0.3, -0.25) is 4.79 Å². The highest BCUT2D eigenvalue weighted by molar-refractivity contribution is 6.17. The number of benzene rings is 3. The number of amides is 1. The molecule has 1 amide bonds. The molecule has 0 saturated carbocycles. The molecule has 0 heterocycles. The van der Waals surface area contributed by atoms with E-state index in [2.05, 4.69) is 5.32 Å². The molecular formula is C22H19ClF3NO. The highest BCUT2D eigenvalue weighted by atomic mass is 35.5. The first kappa shape index (κ1) is 20.2. The maximum Gasteiger partial charge on any atom is 0.416 e. The number of carbonyl (C=O) groups is 1. The zero-order valence-corrected chi connectivity index (χ0v) is 15.8. The van der Waals surface area contributed by atoms with Crippen molar-refractivity contribution in [2.24, 2.45) is 0 Å². The van der Waals surface area contributed by atoms with Gasteiger partial charge >= 0.3 is 6.18 Å². The summed E-state index contributed by atoms with van der Waals surface area (Å²) in [4.78, 5) is 12.3. The summed E-state index contributed by atoms with van der Waals surface area (Å²) in [6.45, 7) is 0.565. The van der Waals surface area contributed by atoms with E-state index in [1.807, 2.05) is 24.3 Å². The molecule has 28 heavy (non-hydrogen) atoms. The maximum atomic E-state index is 12.8. The molecule has 0 spiro atoms. The van der Waals surface area contributed by atoms with Gasteiger partial charge in [-0.05, 0) is 59.0 Å². The van der Waals surface area contributed by atoms with E-state index in [0.29, 0.717) is 23.6 Å². The summed E-state index contributed by atoms with van der Waals surface area (Å²) in [5.41, 5.74) is 1.38. The number of alkyl halides is 4. The lowest BCUT2D eigenvalue weighted by molar-refractivity contribution is -0.137. The molecule has 0 radical (unpaired) electrons. The fourth-order valence-electron chi connectivity index (χ4n) is 3.04. The topological polar surface area (TPSA) is 29.1 Å². The van der Waals surface area contributed by atoms with E-state index in [1.165, 1.54) is 12.1 Å². The van der Waals surface area contributed by atoms with Gasteiger partial charge in [0.2, 0.25) is 0 Å². The van der Waals surface area contributed by atoms with Gasteiger partial charge in [0, 0.05) is 18.0 Å². The Kier molecular flexibility index (Phi) is 6.25. The van der Waals surface area contributed by atoms with Crippen LogP contribution in [0, 0.1) is 0 Å². The van der Waals surface area contributed by atoms with Crippen molar-refractivity contribution in [3.05, 3.63) is 71.8 Å². The predicted molar refractivity (Wildman–Crippen MR) is 107 cm³/mol. The molecule has 2 nitrogen and oxygen atoms in total. The second-order valence-corrected chi connectivity index (χ2v) is 6.85. The van der Waals surface area contributed by atoms with Crippen molar-refractivity contribution in [3.63, 3.8) is 0 Å². The molecule has 0 bridgehead atoms. The predicted octanol–water partition coefficient (Wildman–Crippen LogP) is 6.27. The average molecular weight is 406 g/mol. The number of carbonyl (C=O) groups excluding carboxylic acids is 1. The first-order chi connectivity index (χ1) is 13.4. The second kappa shape index (κ2) is 8.65. The fourth-order valence-corrected chi connectivity index (χ4v) is 3.23. The fraction of sp³-hybridized carbons (Fsp3) is 0.227. The first-order valence-electron chi connectivity index (χ1n) is 8.95. The average Bonchev–Trinajstić information content (AvgIpc) is 2.69. The van der Waals surface area contributed by atoms with E-state index in [4.69, 9.17) is 11.6 Å². The van der Waals surface area contributed by atoms with Crippen LogP contribution in [0.5, 0.6) is 0 Å². The molecule has 0 saturated heterocycles. The third kappa shape index (κ3) is 4.65. The van der Waals surface area contributed by atoms with E-state index in [0.717, 1.165) is 41.3 Å². The van der Waals surface area contributed by atoms with Crippen LogP contribution in [0.2, 0.25) is 0 Å². The Hall–Kier alpha value is -2.53. The van der Waals surface area contributed by atoms with E-state index in [9.17, 15) is 18.0 Å². The lowest BCUT2D eigenvalue weighted by atomic mass is 9.96. The molecule has 0 aliphatic rings. The molecule has 3 aromatic rings. The number of nitrogens with one attached hydrogen (secondary N) is 1. The molecule has 3 aromatic carbocycles. The highest BCUT2D eigenvalue weighted by Gasteiger charge is 2.30. The molecule has 0 unspecified atom stereocenters. The largest absolute Gasteiger partial charge is 0.416 e. The summed E-state index contributed by atoms with van der Waals surface area (Å²) < 4.78 is 38.3.